The van der Waals surface area contributed by atoms with E-state index >= 15 is 0 Å². The zero-order valence-corrected chi connectivity index (χ0v) is 25.1. The molecule has 2 aromatic rings. The average Bonchev–Trinajstić information content (AvgIpc) is 3.01. The van der Waals surface area contributed by atoms with Crippen molar-refractivity contribution in [3.63, 3.8) is 0 Å². The summed E-state index contributed by atoms with van der Waals surface area (Å²) in [5.41, 5.74) is 2.89. The summed E-state index contributed by atoms with van der Waals surface area (Å²) in [5.74, 6) is 0.321. The minimum absolute atomic E-state index is 0.0842. The van der Waals surface area contributed by atoms with Gasteiger partial charge >= 0.3 is 0 Å². The lowest BCUT2D eigenvalue weighted by Crippen LogP contribution is -2.58. The molecule has 3 aliphatic rings. The highest BCUT2D eigenvalue weighted by molar-refractivity contribution is 6.30. The van der Waals surface area contributed by atoms with Gasteiger partial charge < -0.3 is 20.4 Å². The van der Waals surface area contributed by atoms with E-state index in [0.29, 0.717) is 56.3 Å². The highest BCUT2D eigenvalue weighted by atomic mass is 35.5. The molecule has 2 unspecified atom stereocenters. The van der Waals surface area contributed by atoms with Gasteiger partial charge in [0.15, 0.2) is 0 Å². The number of likely N-dealkylation sites (tertiary alicyclic amines) is 1. The lowest BCUT2D eigenvalue weighted by atomic mass is 9.63. The summed E-state index contributed by atoms with van der Waals surface area (Å²) in [5, 5.41) is 7.08. The van der Waals surface area contributed by atoms with Crippen molar-refractivity contribution in [2.75, 3.05) is 27.2 Å². The van der Waals surface area contributed by atoms with E-state index in [2.05, 4.69) is 22.8 Å². The van der Waals surface area contributed by atoms with E-state index in [-0.39, 0.29) is 17.7 Å². The van der Waals surface area contributed by atoms with Crippen molar-refractivity contribution in [2.24, 2.45) is 11.3 Å². The van der Waals surface area contributed by atoms with E-state index in [9.17, 15) is 14.4 Å². The maximum absolute atomic E-state index is 14.0. The Morgan fingerprint density at radius 2 is 1.66 bits per heavy atom. The van der Waals surface area contributed by atoms with Gasteiger partial charge in [0.05, 0.1) is 11.5 Å². The predicted molar refractivity (Wildman–Crippen MR) is 161 cm³/mol. The topological polar surface area (TPSA) is 81.8 Å². The zero-order valence-electron chi connectivity index (χ0n) is 24.3. The third kappa shape index (κ3) is 6.62. The van der Waals surface area contributed by atoms with Gasteiger partial charge in [-0.05, 0) is 66.8 Å². The SMILES string of the molecule is CN(C)C(=O)C1(C2CCCCC2)CCN(C(=O)C(Cc2ccc(Cl)cc2)NC(=O)C2Cc3ccccc3CN2)CC1. The Morgan fingerprint density at radius 3 is 2.32 bits per heavy atom. The highest BCUT2D eigenvalue weighted by Gasteiger charge is 2.49. The van der Waals surface area contributed by atoms with Gasteiger partial charge in [-0.3, -0.25) is 14.4 Å². The Bertz CT molecular complexity index is 1230. The maximum atomic E-state index is 14.0. The molecule has 2 heterocycles. The first-order chi connectivity index (χ1) is 19.8. The largest absolute Gasteiger partial charge is 0.348 e. The lowest BCUT2D eigenvalue weighted by molar-refractivity contribution is -0.152. The van der Waals surface area contributed by atoms with Crippen LogP contribution in [0.1, 0.15) is 61.6 Å². The Hall–Kier alpha value is -2.90. The first kappa shape index (κ1) is 29.6. The Morgan fingerprint density at radius 1 is 1.00 bits per heavy atom. The van der Waals surface area contributed by atoms with Crippen molar-refractivity contribution in [3.05, 3.63) is 70.2 Å². The quantitative estimate of drug-likeness (QED) is 0.511. The first-order valence-corrected chi connectivity index (χ1v) is 15.5. The smallest absolute Gasteiger partial charge is 0.245 e. The number of hydrogen-bond donors (Lipinski definition) is 2. The molecule has 5 rings (SSSR count). The van der Waals surface area contributed by atoms with Gasteiger partial charge in [-0.15, -0.1) is 0 Å². The molecule has 220 valence electrons. The normalized spacial score (nSPS) is 21.4. The van der Waals surface area contributed by atoms with E-state index in [1.807, 2.05) is 55.4 Å². The van der Waals surface area contributed by atoms with Crippen LogP contribution in [0.3, 0.4) is 0 Å². The van der Waals surface area contributed by atoms with Crippen LogP contribution in [0.5, 0.6) is 0 Å². The van der Waals surface area contributed by atoms with Crippen LogP contribution < -0.4 is 10.6 Å². The van der Waals surface area contributed by atoms with Crippen LogP contribution in [0.2, 0.25) is 5.02 Å². The number of amides is 3. The molecule has 7 nitrogen and oxygen atoms in total. The predicted octanol–water partition coefficient (Wildman–Crippen LogP) is 4.36. The molecule has 0 spiro atoms. The van der Waals surface area contributed by atoms with Crippen LogP contribution in [-0.4, -0.2) is 66.8 Å². The van der Waals surface area contributed by atoms with Crippen LogP contribution in [0.25, 0.3) is 0 Å². The van der Waals surface area contributed by atoms with Gasteiger partial charge in [-0.1, -0.05) is 67.3 Å². The van der Waals surface area contributed by atoms with Gasteiger partial charge in [-0.25, -0.2) is 0 Å². The summed E-state index contributed by atoms with van der Waals surface area (Å²) in [6, 6.07) is 14.5. The van der Waals surface area contributed by atoms with E-state index in [4.69, 9.17) is 11.6 Å². The van der Waals surface area contributed by atoms with Gasteiger partial charge in [0, 0.05) is 45.2 Å². The third-order valence-corrected chi connectivity index (χ3v) is 9.80. The number of hydrogen-bond acceptors (Lipinski definition) is 4. The van der Waals surface area contributed by atoms with Crippen molar-refractivity contribution in [1.82, 2.24) is 20.4 Å². The number of benzene rings is 2. The molecule has 0 radical (unpaired) electrons. The number of rotatable bonds is 7. The minimum Gasteiger partial charge on any atom is -0.348 e. The number of fused-ring (bicyclic) bond motifs is 1. The van der Waals surface area contributed by atoms with Crippen LogP contribution in [0.15, 0.2) is 48.5 Å². The Labute approximate surface area is 249 Å². The van der Waals surface area contributed by atoms with Crippen molar-refractivity contribution < 1.29 is 14.4 Å². The zero-order chi connectivity index (χ0) is 29.0. The van der Waals surface area contributed by atoms with Gasteiger partial charge in [0.2, 0.25) is 17.7 Å². The Kier molecular flexibility index (Phi) is 9.35. The van der Waals surface area contributed by atoms with E-state index in [0.717, 1.165) is 24.0 Å². The van der Waals surface area contributed by atoms with Crippen LogP contribution in [-0.2, 0) is 33.8 Å². The van der Waals surface area contributed by atoms with Crippen molar-refractivity contribution in [1.29, 1.82) is 0 Å². The van der Waals surface area contributed by atoms with Gasteiger partial charge in [-0.2, -0.15) is 0 Å². The maximum Gasteiger partial charge on any atom is 0.245 e. The molecule has 2 N–H and O–H groups in total. The van der Waals surface area contributed by atoms with Gasteiger partial charge in [0.1, 0.15) is 6.04 Å². The van der Waals surface area contributed by atoms with Crippen molar-refractivity contribution >= 4 is 29.3 Å². The second-order valence-corrected chi connectivity index (χ2v) is 12.8. The van der Waals surface area contributed by atoms with Gasteiger partial charge in [0.25, 0.3) is 0 Å². The number of carbonyl (C=O) groups is 3. The second-order valence-electron chi connectivity index (χ2n) is 12.3. The molecule has 2 aliphatic heterocycles. The number of carbonyl (C=O) groups excluding carboxylic acids is 3. The molecule has 8 heteroatoms. The van der Waals surface area contributed by atoms with Crippen LogP contribution >= 0.6 is 11.6 Å². The first-order valence-electron chi connectivity index (χ1n) is 15.1. The number of piperidine rings is 1. The molecule has 41 heavy (non-hydrogen) atoms. The standard InChI is InChI=1S/C33H43ClN4O3/c1-37(2)32(41)33(26-10-4-3-5-11-26)16-18-38(19-17-33)31(40)29(20-23-12-14-27(34)15-13-23)36-30(39)28-21-24-8-6-7-9-25(24)22-35-28/h6-9,12-15,26,28-29,35H,3-5,10-11,16-22H2,1-2H3,(H,36,39). The molecule has 1 aliphatic carbocycles. The molecule has 0 bridgehead atoms. The fourth-order valence-electron chi connectivity index (χ4n) is 7.21. The number of nitrogens with one attached hydrogen (secondary N) is 2. The minimum atomic E-state index is -0.700. The summed E-state index contributed by atoms with van der Waals surface area (Å²) in [4.78, 5) is 44.7. The molecule has 3 amide bonds. The van der Waals surface area contributed by atoms with E-state index < -0.39 is 17.5 Å². The number of halogens is 1. The molecule has 2 fully saturated rings. The van der Waals surface area contributed by atoms with E-state index in [1.165, 1.54) is 24.8 Å². The summed E-state index contributed by atoms with van der Waals surface area (Å²) < 4.78 is 0. The fourth-order valence-corrected chi connectivity index (χ4v) is 7.34. The molecular formula is C33H43ClN4O3. The molecule has 2 atom stereocenters. The molecule has 2 aromatic carbocycles. The highest BCUT2D eigenvalue weighted by Crippen LogP contribution is 2.47. The van der Waals surface area contributed by atoms with Crippen LogP contribution in [0.4, 0.5) is 0 Å². The van der Waals surface area contributed by atoms with E-state index in [1.54, 1.807) is 4.90 Å². The summed E-state index contributed by atoms with van der Waals surface area (Å²) in [6.07, 6.45) is 8.05. The summed E-state index contributed by atoms with van der Waals surface area (Å²) in [6.45, 7) is 1.67. The molecule has 1 saturated carbocycles. The van der Waals surface area contributed by atoms with Crippen LogP contribution in [0, 0.1) is 11.3 Å². The Balaban J connectivity index is 1.31. The monoisotopic (exact) mass is 578 g/mol. The summed E-state index contributed by atoms with van der Waals surface area (Å²) >= 11 is 6.11. The number of nitrogens with zero attached hydrogens (tertiary/aromatic N) is 2. The third-order valence-electron chi connectivity index (χ3n) is 9.55. The van der Waals surface area contributed by atoms with Crippen molar-refractivity contribution in [2.45, 2.75) is 76.4 Å². The second kappa shape index (κ2) is 13.0. The summed E-state index contributed by atoms with van der Waals surface area (Å²) in [7, 11) is 3.69. The average molecular weight is 579 g/mol. The lowest BCUT2D eigenvalue weighted by Gasteiger charge is -2.48. The van der Waals surface area contributed by atoms with Crippen molar-refractivity contribution in [3.8, 4) is 0 Å². The molecular weight excluding hydrogens is 536 g/mol. The fraction of sp³-hybridized carbons (Fsp3) is 0.545. The molecule has 1 saturated heterocycles. The molecule has 0 aromatic heterocycles.